The van der Waals surface area contributed by atoms with Gasteiger partial charge in [0.15, 0.2) is 5.78 Å². The summed E-state index contributed by atoms with van der Waals surface area (Å²) in [7, 11) is 1.74. The molecule has 1 heterocycles. The lowest BCUT2D eigenvalue weighted by Gasteiger charge is -2.10. The van der Waals surface area contributed by atoms with Crippen LogP contribution in [0.1, 0.15) is 21.5 Å². The van der Waals surface area contributed by atoms with Crippen LogP contribution in [0.15, 0.2) is 40.9 Å². The Labute approximate surface area is 130 Å². The first kappa shape index (κ1) is 13.8. The van der Waals surface area contributed by atoms with Gasteiger partial charge in [-0.15, -0.1) is 0 Å². The predicted octanol–water partition coefficient (Wildman–Crippen LogP) is 2.78. The Hall–Kier alpha value is -2.14. The number of amides is 1. The molecule has 3 rings (SSSR count). The molecule has 2 N–H and O–H groups in total. The highest BCUT2D eigenvalue weighted by atomic mass is 79.9. The van der Waals surface area contributed by atoms with Crippen molar-refractivity contribution in [3.05, 3.63) is 57.6 Å². The van der Waals surface area contributed by atoms with E-state index in [1.54, 1.807) is 42.3 Å². The zero-order chi connectivity index (χ0) is 15.1. The molecule has 1 amide bonds. The van der Waals surface area contributed by atoms with Gasteiger partial charge in [-0.3, -0.25) is 9.59 Å². The standard InChI is InChI=1S/C16H13BrN2O2/c1-19-14-5-3-9(6-11(14)8-15(19)20)16(21)10-2-4-12(17)13(18)7-10/h2-7H,8,18H2,1H3. The van der Waals surface area contributed by atoms with E-state index in [2.05, 4.69) is 15.9 Å². The molecule has 0 aliphatic carbocycles. The smallest absolute Gasteiger partial charge is 0.231 e. The molecule has 106 valence electrons. The predicted molar refractivity (Wildman–Crippen MR) is 85.5 cm³/mol. The largest absolute Gasteiger partial charge is 0.398 e. The second-order valence-electron chi connectivity index (χ2n) is 5.04. The quantitative estimate of drug-likeness (QED) is 0.672. The summed E-state index contributed by atoms with van der Waals surface area (Å²) in [5.41, 5.74) is 9.20. The van der Waals surface area contributed by atoms with E-state index in [1.807, 2.05) is 6.07 Å². The lowest BCUT2D eigenvalue weighted by molar-refractivity contribution is -0.117. The number of nitrogen functional groups attached to an aromatic ring is 1. The van der Waals surface area contributed by atoms with Gasteiger partial charge in [0.25, 0.3) is 0 Å². The molecular formula is C16H13BrN2O2. The summed E-state index contributed by atoms with van der Waals surface area (Å²) in [5, 5.41) is 0. The minimum absolute atomic E-state index is 0.0440. The molecule has 5 heteroatoms. The molecule has 0 atom stereocenters. The van der Waals surface area contributed by atoms with Crippen LogP contribution in [0.25, 0.3) is 0 Å². The molecule has 0 bridgehead atoms. The molecule has 2 aromatic rings. The highest BCUT2D eigenvalue weighted by Crippen LogP contribution is 2.29. The number of nitrogens with zero attached hydrogens (tertiary/aromatic N) is 1. The molecule has 1 aliphatic heterocycles. The third-order valence-electron chi connectivity index (χ3n) is 3.68. The Balaban J connectivity index is 1.98. The van der Waals surface area contributed by atoms with Gasteiger partial charge in [0.1, 0.15) is 0 Å². The highest BCUT2D eigenvalue weighted by molar-refractivity contribution is 9.10. The van der Waals surface area contributed by atoms with Crippen LogP contribution in [0.2, 0.25) is 0 Å². The summed E-state index contributed by atoms with van der Waals surface area (Å²) in [6.07, 6.45) is 0.343. The van der Waals surface area contributed by atoms with Crippen molar-refractivity contribution in [3.63, 3.8) is 0 Å². The number of nitrogens with two attached hydrogens (primary N) is 1. The number of hydrogen-bond acceptors (Lipinski definition) is 3. The number of anilines is 2. The van der Waals surface area contributed by atoms with Gasteiger partial charge in [0.2, 0.25) is 5.91 Å². The maximum absolute atomic E-state index is 12.5. The van der Waals surface area contributed by atoms with Crippen molar-refractivity contribution in [1.82, 2.24) is 0 Å². The topological polar surface area (TPSA) is 63.4 Å². The Morgan fingerprint density at radius 2 is 1.86 bits per heavy atom. The van der Waals surface area contributed by atoms with E-state index < -0.39 is 0 Å². The summed E-state index contributed by atoms with van der Waals surface area (Å²) in [4.78, 5) is 25.8. The van der Waals surface area contributed by atoms with E-state index in [4.69, 9.17) is 5.73 Å². The molecule has 0 aromatic heterocycles. The van der Waals surface area contributed by atoms with Crippen molar-refractivity contribution in [3.8, 4) is 0 Å². The SMILES string of the molecule is CN1C(=O)Cc2cc(C(=O)c3ccc(Br)c(N)c3)ccc21. The zero-order valence-corrected chi connectivity index (χ0v) is 13.0. The number of carbonyl (C=O) groups is 2. The lowest BCUT2D eigenvalue weighted by atomic mass is 10.00. The van der Waals surface area contributed by atoms with Crippen LogP contribution in [0.4, 0.5) is 11.4 Å². The minimum atomic E-state index is -0.0981. The lowest BCUT2D eigenvalue weighted by Crippen LogP contribution is -2.20. The number of rotatable bonds is 2. The highest BCUT2D eigenvalue weighted by Gasteiger charge is 2.25. The third-order valence-corrected chi connectivity index (χ3v) is 4.40. The van der Waals surface area contributed by atoms with Crippen molar-refractivity contribution < 1.29 is 9.59 Å². The minimum Gasteiger partial charge on any atom is -0.398 e. The number of hydrogen-bond donors (Lipinski definition) is 1. The van der Waals surface area contributed by atoms with Crippen molar-refractivity contribution in [1.29, 1.82) is 0 Å². The number of fused-ring (bicyclic) bond motifs is 1. The number of halogens is 1. The maximum Gasteiger partial charge on any atom is 0.231 e. The van der Waals surface area contributed by atoms with E-state index in [9.17, 15) is 9.59 Å². The second-order valence-corrected chi connectivity index (χ2v) is 5.89. The van der Waals surface area contributed by atoms with Crippen LogP contribution in [0, 0.1) is 0 Å². The van der Waals surface area contributed by atoms with Crippen molar-refractivity contribution in [2.24, 2.45) is 0 Å². The molecule has 21 heavy (non-hydrogen) atoms. The fourth-order valence-corrected chi connectivity index (χ4v) is 2.71. The van der Waals surface area contributed by atoms with Crippen LogP contribution < -0.4 is 10.6 Å². The van der Waals surface area contributed by atoms with Gasteiger partial charge in [0.05, 0.1) is 6.42 Å². The fourth-order valence-electron chi connectivity index (χ4n) is 2.46. The molecule has 0 fully saturated rings. The summed E-state index contributed by atoms with van der Waals surface area (Å²) in [6, 6.07) is 10.5. The molecule has 0 radical (unpaired) electrons. The van der Waals surface area contributed by atoms with Crippen LogP contribution in [0.3, 0.4) is 0 Å². The average molecular weight is 345 g/mol. The van der Waals surface area contributed by atoms with E-state index >= 15 is 0 Å². The number of carbonyl (C=O) groups excluding carboxylic acids is 2. The monoisotopic (exact) mass is 344 g/mol. The fraction of sp³-hybridized carbons (Fsp3) is 0.125. The molecular weight excluding hydrogens is 332 g/mol. The van der Waals surface area contributed by atoms with E-state index in [0.717, 1.165) is 15.7 Å². The summed E-state index contributed by atoms with van der Waals surface area (Å²) in [6.45, 7) is 0. The summed E-state index contributed by atoms with van der Waals surface area (Å²) < 4.78 is 0.764. The van der Waals surface area contributed by atoms with Crippen LogP contribution in [-0.4, -0.2) is 18.7 Å². The maximum atomic E-state index is 12.5. The van der Waals surface area contributed by atoms with Crippen LogP contribution in [-0.2, 0) is 11.2 Å². The first-order valence-electron chi connectivity index (χ1n) is 6.46. The van der Waals surface area contributed by atoms with Crippen LogP contribution >= 0.6 is 15.9 Å². The van der Waals surface area contributed by atoms with Crippen molar-refractivity contribution in [2.45, 2.75) is 6.42 Å². The Morgan fingerprint density at radius 1 is 1.19 bits per heavy atom. The number of likely N-dealkylation sites (N-methyl/N-ethyl adjacent to an activating group) is 1. The molecule has 0 spiro atoms. The summed E-state index contributed by atoms with van der Waals surface area (Å²) in [5.74, 6) is -0.0542. The first-order valence-corrected chi connectivity index (χ1v) is 7.26. The Kier molecular flexibility index (Phi) is 3.29. The number of benzene rings is 2. The van der Waals surface area contributed by atoms with Crippen LogP contribution in [0.5, 0.6) is 0 Å². The van der Waals surface area contributed by atoms with E-state index in [-0.39, 0.29) is 11.7 Å². The molecule has 4 nitrogen and oxygen atoms in total. The molecule has 0 unspecified atom stereocenters. The van der Waals surface area contributed by atoms with Gasteiger partial charge < -0.3 is 10.6 Å². The average Bonchev–Trinajstić information content (AvgIpc) is 2.76. The van der Waals surface area contributed by atoms with Gasteiger partial charge in [-0.2, -0.15) is 0 Å². The normalized spacial score (nSPS) is 13.4. The molecule has 0 saturated heterocycles. The van der Waals surface area contributed by atoms with Gasteiger partial charge in [-0.25, -0.2) is 0 Å². The van der Waals surface area contributed by atoms with Crippen molar-refractivity contribution >= 4 is 39.0 Å². The van der Waals surface area contributed by atoms with Gasteiger partial charge >= 0.3 is 0 Å². The Bertz CT molecular complexity index is 771. The zero-order valence-electron chi connectivity index (χ0n) is 11.4. The molecule has 0 saturated carbocycles. The van der Waals surface area contributed by atoms with E-state index in [1.165, 1.54) is 0 Å². The van der Waals surface area contributed by atoms with E-state index in [0.29, 0.717) is 23.2 Å². The number of ketones is 1. The van der Waals surface area contributed by atoms with Gasteiger partial charge in [-0.05, 0) is 57.9 Å². The summed E-state index contributed by atoms with van der Waals surface area (Å²) >= 11 is 3.31. The van der Waals surface area contributed by atoms with Gasteiger partial charge in [0, 0.05) is 34.0 Å². The van der Waals surface area contributed by atoms with Crippen molar-refractivity contribution in [2.75, 3.05) is 17.7 Å². The Morgan fingerprint density at radius 3 is 2.57 bits per heavy atom. The molecule has 2 aromatic carbocycles. The second kappa shape index (κ2) is 5.00. The molecule has 1 aliphatic rings. The van der Waals surface area contributed by atoms with Gasteiger partial charge in [-0.1, -0.05) is 0 Å². The first-order chi connectivity index (χ1) is 9.97. The third kappa shape index (κ3) is 2.34.